The van der Waals surface area contributed by atoms with Crippen LogP contribution in [0.1, 0.15) is 16.7 Å². The van der Waals surface area contributed by atoms with Crippen LogP contribution in [0.3, 0.4) is 0 Å². The number of fused-ring (bicyclic) bond motifs is 1. The second-order valence-corrected chi connectivity index (χ2v) is 10.4. The van der Waals surface area contributed by atoms with E-state index in [1.165, 1.54) is 12.1 Å². The average molecular weight is 539 g/mol. The predicted molar refractivity (Wildman–Crippen MR) is 140 cm³/mol. The molecule has 4 rings (SSSR count). The molecule has 0 aromatic heterocycles. The van der Waals surface area contributed by atoms with Crippen molar-refractivity contribution in [2.45, 2.75) is 30.6 Å². The van der Waals surface area contributed by atoms with Crippen molar-refractivity contribution in [3.63, 3.8) is 0 Å². The molecule has 0 aliphatic carbocycles. The van der Waals surface area contributed by atoms with E-state index in [0.29, 0.717) is 34.5 Å². The summed E-state index contributed by atoms with van der Waals surface area (Å²) in [6.07, 6.45) is 0. The fourth-order valence-corrected chi connectivity index (χ4v) is 4.87. The van der Waals surface area contributed by atoms with E-state index >= 15 is 0 Å². The highest BCUT2D eigenvalue weighted by Gasteiger charge is 2.17. The maximum atomic E-state index is 12.0. The lowest BCUT2D eigenvalue weighted by atomic mass is 10.1. The van der Waals surface area contributed by atoms with Crippen LogP contribution in [-0.2, 0) is 19.5 Å². The normalized spacial score (nSPS) is 12.2. The highest BCUT2D eigenvalue weighted by Crippen LogP contribution is 2.34. The highest BCUT2D eigenvalue weighted by molar-refractivity contribution is 7.94. The Bertz CT molecular complexity index is 1640. The van der Waals surface area contributed by atoms with E-state index in [4.69, 9.17) is 5.26 Å². The summed E-state index contributed by atoms with van der Waals surface area (Å²) < 4.78 is 38.0. The first-order valence-corrected chi connectivity index (χ1v) is 13.0. The molecule has 190 valence electrons. The van der Waals surface area contributed by atoms with Crippen molar-refractivity contribution in [2.75, 3.05) is 0 Å². The number of benzene rings is 4. The third-order valence-corrected chi connectivity index (χ3v) is 6.84. The highest BCUT2D eigenvalue weighted by atomic mass is 32.2. The minimum absolute atomic E-state index is 0.243. The van der Waals surface area contributed by atoms with Crippen LogP contribution in [-0.4, -0.2) is 18.2 Å². The molecular weight excluding hydrogens is 516 g/mol. The molecule has 0 fully saturated rings. The number of hydrogen-bond donors (Lipinski definition) is 2. The lowest BCUT2D eigenvalue weighted by Gasteiger charge is -2.08. The van der Waals surface area contributed by atoms with Gasteiger partial charge < -0.3 is 0 Å². The van der Waals surface area contributed by atoms with Crippen molar-refractivity contribution in [3.8, 4) is 0 Å². The van der Waals surface area contributed by atoms with E-state index < -0.39 is 10.1 Å². The maximum absolute atomic E-state index is 12.0. The molecular formula is C25H22N4O6S2. The Kier molecular flexibility index (Phi) is 8.07. The number of aryl methyl sites for hydroxylation is 3. The summed E-state index contributed by atoms with van der Waals surface area (Å²) in [4.78, 5) is -0.0604. The van der Waals surface area contributed by atoms with Gasteiger partial charge in [0, 0.05) is 10.3 Å². The van der Waals surface area contributed by atoms with Crippen LogP contribution in [0.25, 0.3) is 10.8 Å². The van der Waals surface area contributed by atoms with Crippen LogP contribution in [0.5, 0.6) is 0 Å². The first kappa shape index (κ1) is 26.5. The molecule has 0 amide bonds. The van der Waals surface area contributed by atoms with Crippen LogP contribution >= 0.6 is 12.0 Å². The van der Waals surface area contributed by atoms with Gasteiger partial charge in [-0.05, 0) is 85.8 Å². The van der Waals surface area contributed by atoms with Crippen molar-refractivity contribution in [3.05, 3.63) is 83.4 Å². The molecule has 0 spiro atoms. The number of hydrogen-bond acceptors (Lipinski definition) is 10. The van der Waals surface area contributed by atoms with Crippen LogP contribution in [0, 0.1) is 20.8 Å². The Hall–Kier alpha value is -3.52. The van der Waals surface area contributed by atoms with Crippen LogP contribution in [0.15, 0.2) is 97.0 Å². The molecule has 4 aromatic carbocycles. The van der Waals surface area contributed by atoms with Crippen molar-refractivity contribution >= 4 is 55.7 Å². The molecule has 4 aromatic rings. The van der Waals surface area contributed by atoms with Crippen LogP contribution < -0.4 is 0 Å². The van der Waals surface area contributed by atoms with Gasteiger partial charge in [0.2, 0.25) is 0 Å². The van der Waals surface area contributed by atoms with E-state index in [1.807, 2.05) is 45.0 Å². The molecule has 0 bridgehead atoms. The zero-order valence-corrected chi connectivity index (χ0v) is 21.6. The van der Waals surface area contributed by atoms with Crippen molar-refractivity contribution < 1.29 is 27.6 Å². The zero-order chi connectivity index (χ0) is 26.6. The average Bonchev–Trinajstić information content (AvgIpc) is 2.85. The lowest BCUT2D eigenvalue weighted by Crippen LogP contribution is -1.99. The summed E-state index contributed by atoms with van der Waals surface area (Å²) in [5.74, 6) is 0. The van der Waals surface area contributed by atoms with Gasteiger partial charge >= 0.3 is 0 Å². The molecule has 12 heteroatoms. The molecule has 0 saturated heterocycles. The zero-order valence-electron chi connectivity index (χ0n) is 20.0. The first-order valence-electron chi connectivity index (χ1n) is 10.9. The minimum atomic E-state index is -4.57. The Morgan fingerprint density at radius 3 is 2.00 bits per heavy atom. The van der Waals surface area contributed by atoms with E-state index in [2.05, 4.69) is 29.8 Å². The van der Waals surface area contributed by atoms with Gasteiger partial charge in [-0.2, -0.15) is 28.9 Å². The molecule has 37 heavy (non-hydrogen) atoms. The SMILES string of the molecule is Cc1ccc(N=Nc2ccc(N=Nc3ccc4cc(SOOO)cc(S(=O)(=O)O)c4c3)c(C)c2)c(C)c1. The van der Waals surface area contributed by atoms with Gasteiger partial charge in [-0.1, -0.05) is 28.8 Å². The van der Waals surface area contributed by atoms with E-state index in [1.54, 1.807) is 30.3 Å². The quantitative estimate of drug-likeness (QED) is 0.0755. The van der Waals surface area contributed by atoms with E-state index in [9.17, 15) is 13.0 Å². The van der Waals surface area contributed by atoms with E-state index in [-0.39, 0.29) is 15.2 Å². The third kappa shape index (κ3) is 6.63. The second-order valence-electron chi connectivity index (χ2n) is 8.19. The summed E-state index contributed by atoms with van der Waals surface area (Å²) in [7, 11) is -4.57. The third-order valence-electron chi connectivity index (χ3n) is 5.39. The van der Waals surface area contributed by atoms with Gasteiger partial charge in [0.05, 0.1) is 34.8 Å². The minimum Gasteiger partial charge on any atom is -0.282 e. The molecule has 2 N–H and O–H groups in total. The Labute approximate surface area is 217 Å². The molecule has 0 saturated carbocycles. The summed E-state index contributed by atoms with van der Waals surface area (Å²) in [6, 6.07) is 18.9. The smallest absolute Gasteiger partial charge is 0.282 e. The van der Waals surface area contributed by atoms with Gasteiger partial charge in [-0.3, -0.25) is 4.55 Å². The predicted octanol–water partition coefficient (Wildman–Crippen LogP) is 8.27. The largest absolute Gasteiger partial charge is 0.295 e. The number of azo groups is 2. The molecule has 10 nitrogen and oxygen atoms in total. The van der Waals surface area contributed by atoms with E-state index in [0.717, 1.165) is 22.4 Å². The van der Waals surface area contributed by atoms with Gasteiger partial charge in [-0.25, -0.2) is 5.26 Å². The topological polar surface area (TPSA) is 142 Å². The molecule has 0 radical (unpaired) electrons. The summed E-state index contributed by atoms with van der Waals surface area (Å²) >= 11 is 0.579. The molecule has 0 aliphatic rings. The van der Waals surface area contributed by atoms with Crippen LogP contribution in [0.4, 0.5) is 22.7 Å². The van der Waals surface area contributed by atoms with Crippen molar-refractivity contribution in [1.29, 1.82) is 0 Å². The van der Waals surface area contributed by atoms with Crippen LogP contribution in [0.2, 0.25) is 0 Å². The Morgan fingerprint density at radius 2 is 1.38 bits per heavy atom. The van der Waals surface area contributed by atoms with Gasteiger partial charge in [-0.15, -0.1) is 4.33 Å². The summed E-state index contributed by atoms with van der Waals surface area (Å²) in [6.45, 7) is 5.89. The standard InChI is InChI=1S/C25H22N4O6S2/c1-15-4-8-23(16(2)10-15)28-26-19-7-9-24(17(3)11-19)29-27-20-6-5-18-12-21(36-35-34-30)14-25(22(18)13-20)37(31,32)33/h4-14,30H,1-3H3,(H,31,32,33). The molecule has 0 aliphatic heterocycles. The molecule has 0 heterocycles. The van der Waals surface area contributed by atoms with Crippen molar-refractivity contribution in [2.24, 2.45) is 20.5 Å². The number of nitrogens with zero attached hydrogens (tertiary/aromatic N) is 4. The van der Waals surface area contributed by atoms with Crippen molar-refractivity contribution in [1.82, 2.24) is 0 Å². The lowest BCUT2D eigenvalue weighted by molar-refractivity contribution is -0.432. The Balaban J connectivity index is 1.60. The monoisotopic (exact) mass is 538 g/mol. The first-order chi connectivity index (χ1) is 17.6. The number of rotatable bonds is 8. The summed E-state index contributed by atoms with van der Waals surface area (Å²) in [5.41, 5.74) is 5.49. The maximum Gasteiger partial charge on any atom is 0.295 e. The fraction of sp³-hybridized carbons (Fsp3) is 0.120. The second kappa shape index (κ2) is 11.3. The fourth-order valence-electron chi connectivity index (χ4n) is 3.62. The van der Waals surface area contributed by atoms with Gasteiger partial charge in [0.1, 0.15) is 4.90 Å². The van der Waals surface area contributed by atoms with Gasteiger partial charge in [0.25, 0.3) is 10.1 Å². The molecule has 0 unspecified atom stereocenters. The van der Waals surface area contributed by atoms with Gasteiger partial charge in [0.15, 0.2) is 0 Å². The Morgan fingerprint density at radius 1 is 0.757 bits per heavy atom. The molecule has 0 atom stereocenters. The summed E-state index contributed by atoms with van der Waals surface area (Å²) in [5, 5.41) is 29.8.